The monoisotopic (exact) mass is 224 g/mol. The molecule has 0 amide bonds. The Morgan fingerprint density at radius 3 is 2.06 bits per heavy atom. The molecule has 1 heteroatoms. The van der Waals surface area contributed by atoms with E-state index in [1.807, 2.05) is 0 Å². The molecule has 0 heterocycles. The largest absolute Gasteiger partial charge is 0.303 e. The van der Waals surface area contributed by atoms with Crippen LogP contribution < -0.4 is 0 Å². The standard InChI is InChI=1S/C15H28O/c1-6-7-9-15(5,10-8-13-16)12-11-14(2,3)4/h11-13H,6-10H2,1-5H3/b12-11-/t15-/m1/s1. The molecule has 0 unspecified atom stereocenters. The second-order valence-electron chi connectivity index (χ2n) is 6.16. The fourth-order valence-electron chi connectivity index (χ4n) is 1.71. The van der Waals surface area contributed by atoms with Gasteiger partial charge in [-0.25, -0.2) is 0 Å². The van der Waals surface area contributed by atoms with Crippen molar-refractivity contribution in [2.45, 2.75) is 66.7 Å². The minimum absolute atomic E-state index is 0.199. The molecule has 0 spiro atoms. The maximum atomic E-state index is 10.5. The second kappa shape index (κ2) is 6.88. The van der Waals surface area contributed by atoms with Crippen molar-refractivity contribution >= 4 is 6.29 Å². The topological polar surface area (TPSA) is 17.1 Å². The van der Waals surface area contributed by atoms with Crippen LogP contribution in [-0.4, -0.2) is 6.29 Å². The average molecular weight is 224 g/mol. The maximum Gasteiger partial charge on any atom is 0.120 e. The molecular formula is C15H28O. The first-order valence-corrected chi connectivity index (χ1v) is 6.47. The van der Waals surface area contributed by atoms with E-state index in [-0.39, 0.29) is 10.8 Å². The summed E-state index contributed by atoms with van der Waals surface area (Å²) in [5, 5.41) is 0. The molecule has 0 aliphatic rings. The summed E-state index contributed by atoms with van der Waals surface area (Å²) in [5.41, 5.74) is 0.429. The van der Waals surface area contributed by atoms with E-state index in [1.165, 1.54) is 19.3 Å². The fraction of sp³-hybridized carbons (Fsp3) is 0.800. The lowest BCUT2D eigenvalue weighted by atomic mass is 9.78. The van der Waals surface area contributed by atoms with Crippen LogP contribution in [0, 0.1) is 10.8 Å². The van der Waals surface area contributed by atoms with Gasteiger partial charge in [-0.1, -0.05) is 59.6 Å². The van der Waals surface area contributed by atoms with Crippen LogP contribution >= 0.6 is 0 Å². The van der Waals surface area contributed by atoms with Gasteiger partial charge in [0.2, 0.25) is 0 Å². The van der Waals surface area contributed by atoms with Crippen molar-refractivity contribution in [1.82, 2.24) is 0 Å². The summed E-state index contributed by atoms with van der Waals surface area (Å²) in [6.07, 6.45) is 10.9. The molecule has 0 radical (unpaired) electrons. The molecule has 0 aromatic rings. The summed E-state index contributed by atoms with van der Waals surface area (Å²) in [4.78, 5) is 10.5. The lowest BCUT2D eigenvalue weighted by Gasteiger charge is -2.27. The van der Waals surface area contributed by atoms with Crippen molar-refractivity contribution in [1.29, 1.82) is 0 Å². The Bertz CT molecular complexity index is 222. The first-order valence-electron chi connectivity index (χ1n) is 6.47. The van der Waals surface area contributed by atoms with Crippen LogP contribution in [0.4, 0.5) is 0 Å². The minimum atomic E-state index is 0.199. The van der Waals surface area contributed by atoms with Crippen molar-refractivity contribution in [3.05, 3.63) is 12.2 Å². The third-order valence-electron chi connectivity index (χ3n) is 2.92. The number of hydrogen-bond donors (Lipinski definition) is 0. The zero-order chi connectivity index (χ0) is 12.7. The Morgan fingerprint density at radius 2 is 1.62 bits per heavy atom. The van der Waals surface area contributed by atoms with E-state index < -0.39 is 0 Å². The van der Waals surface area contributed by atoms with Crippen LogP contribution in [0.5, 0.6) is 0 Å². The van der Waals surface area contributed by atoms with Crippen LogP contribution in [0.2, 0.25) is 0 Å². The number of unbranched alkanes of at least 4 members (excludes halogenated alkanes) is 1. The zero-order valence-electron chi connectivity index (χ0n) is 11.7. The van der Waals surface area contributed by atoms with Gasteiger partial charge in [0.1, 0.15) is 6.29 Å². The molecule has 1 nitrogen and oxygen atoms in total. The third kappa shape index (κ3) is 7.67. The van der Waals surface area contributed by atoms with Gasteiger partial charge in [0.15, 0.2) is 0 Å². The SMILES string of the molecule is CCCC[C@@](C)(/C=C\C(C)(C)C)CCC=O. The molecule has 94 valence electrons. The molecular weight excluding hydrogens is 196 g/mol. The van der Waals surface area contributed by atoms with E-state index in [4.69, 9.17) is 0 Å². The smallest absolute Gasteiger partial charge is 0.120 e. The molecule has 16 heavy (non-hydrogen) atoms. The third-order valence-corrected chi connectivity index (χ3v) is 2.92. The second-order valence-corrected chi connectivity index (χ2v) is 6.16. The highest BCUT2D eigenvalue weighted by molar-refractivity contribution is 5.49. The summed E-state index contributed by atoms with van der Waals surface area (Å²) >= 11 is 0. The van der Waals surface area contributed by atoms with E-state index in [1.54, 1.807) is 0 Å². The van der Waals surface area contributed by atoms with E-state index in [0.717, 1.165) is 12.7 Å². The summed E-state index contributed by atoms with van der Waals surface area (Å²) in [6, 6.07) is 0. The van der Waals surface area contributed by atoms with Gasteiger partial charge in [-0.05, 0) is 23.7 Å². The predicted octanol–water partition coefficient (Wildman–Crippen LogP) is 4.76. The molecule has 0 aromatic heterocycles. The van der Waals surface area contributed by atoms with Crippen LogP contribution in [-0.2, 0) is 4.79 Å². The molecule has 0 saturated carbocycles. The van der Waals surface area contributed by atoms with Crippen LogP contribution in [0.1, 0.15) is 66.7 Å². The van der Waals surface area contributed by atoms with Crippen molar-refractivity contribution < 1.29 is 4.79 Å². The normalized spacial score (nSPS) is 16.3. The van der Waals surface area contributed by atoms with Crippen LogP contribution in [0.15, 0.2) is 12.2 Å². The van der Waals surface area contributed by atoms with Gasteiger partial charge < -0.3 is 4.79 Å². The van der Waals surface area contributed by atoms with Crippen molar-refractivity contribution in [2.24, 2.45) is 10.8 Å². The molecule has 0 fully saturated rings. The summed E-state index contributed by atoms with van der Waals surface area (Å²) in [7, 11) is 0. The number of allylic oxidation sites excluding steroid dienone is 2. The Labute approximate surface area is 101 Å². The first-order chi connectivity index (χ1) is 7.33. The van der Waals surface area contributed by atoms with Gasteiger partial charge in [-0.3, -0.25) is 0 Å². The molecule has 0 saturated heterocycles. The van der Waals surface area contributed by atoms with Gasteiger partial charge in [0.25, 0.3) is 0 Å². The molecule has 1 atom stereocenters. The summed E-state index contributed by atoms with van der Waals surface area (Å²) in [6.45, 7) is 11.1. The lowest BCUT2D eigenvalue weighted by Crippen LogP contribution is -2.15. The molecule has 0 aromatic carbocycles. The lowest BCUT2D eigenvalue weighted by molar-refractivity contribution is -0.108. The Morgan fingerprint density at radius 1 is 1.00 bits per heavy atom. The minimum Gasteiger partial charge on any atom is -0.303 e. The van der Waals surface area contributed by atoms with E-state index >= 15 is 0 Å². The average Bonchev–Trinajstić information content (AvgIpc) is 2.20. The highest BCUT2D eigenvalue weighted by Gasteiger charge is 2.20. The molecule has 0 aliphatic heterocycles. The maximum absolute atomic E-state index is 10.5. The van der Waals surface area contributed by atoms with Gasteiger partial charge in [0, 0.05) is 6.42 Å². The zero-order valence-corrected chi connectivity index (χ0v) is 11.7. The van der Waals surface area contributed by atoms with Gasteiger partial charge in [-0.2, -0.15) is 0 Å². The first kappa shape index (κ1) is 15.4. The van der Waals surface area contributed by atoms with Gasteiger partial charge in [0.05, 0.1) is 0 Å². The number of carbonyl (C=O) groups excluding carboxylic acids is 1. The Kier molecular flexibility index (Phi) is 6.62. The van der Waals surface area contributed by atoms with Crippen molar-refractivity contribution in [2.75, 3.05) is 0 Å². The highest BCUT2D eigenvalue weighted by Crippen LogP contribution is 2.33. The van der Waals surface area contributed by atoms with E-state index in [9.17, 15) is 4.79 Å². The summed E-state index contributed by atoms with van der Waals surface area (Å²) in [5.74, 6) is 0. The van der Waals surface area contributed by atoms with Crippen LogP contribution in [0.3, 0.4) is 0 Å². The number of hydrogen-bond acceptors (Lipinski definition) is 1. The molecule has 0 aliphatic carbocycles. The van der Waals surface area contributed by atoms with Crippen molar-refractivity contribution in [3.63, 3.8) is 0 Å². The van der Waals surface area contributed by atoms with E-state index in [2.05, 4.69) is 46.8 Å². The Hall–Kier alpha value is -0.590. The number of aldehydes is 1. The number of carbonyl (C=O) groups is 1. The van der Waals surface area contributed by atoms with Crippen LogP contribution in [0.25, 0.3) is 0 Å². The predicted molar refractivity (Wildman–Crippen MR) is 71.5 cm³/mol. The van der Waals surface area contributed by atoms with Gasteiger partial charge in [-0.15, -0.1) is 0 Å². The molecule has 0 N–H and O–H groups in total. The quantitative estimate of drug-likeness (QED) is 0.450. The fourth-order valence-corrected chi connectivity index (χ4v) is 1.71. The number of rotatable bonds is 7. The molecule has 0 rings (SSSR count). The summed E-state index contributed by atoms with van der Waals surface area (Å²) < 4.78 is 0. The highest BCUT2D eigenvalue weighted by atomic mass is 16.1. The van der Waals surface area contributed by atoms with E-state index in [0.29, 0.717) is 6.42 Å². The molecule has 0 bridgehead atoms. The van der Waals surface area contributed by atoms with Gasteiger partial charge >= 0.3 is 0 Å². The Balaban J connectivity index is 4.51. The van der Waals surface area contributed by atoms with Crippen molar-refractivity contribution in [3.8, 4) is 0 Å².